The molecule has 2 atom stereocenters. The number of halogens is 3. The molecule has 1 aliphatic heterocycles. The summed E-state index contributed by atoms with van der Waals surface area (Å²) in [6, 6.07) is 12.7. The summed E-state index contributed by atoms with van der Waals surface area (Å²) >= 11 is 1.08. The molecule has 7 heteroatoms. The Morgan fingerprint density at radius 3 is 2.71 bits per heavy atom. The summed E-state index contributed by atoms with van der Waals surface area (Å²) in [6.45, 7) is 2.26. The van der Waals surface area contributed by atoms with Crippen molar-refractivity contribution in [1.82, 2.24) is 10.2 Å². The normalized spacial score (nSPS) is 17.7. The number of carbonyl (C=O) groups is 1. The quantitative estimate of drug-likeness (QED) is 0.681. The first kappa shape index (κ1) is 22.7. The molecule has 152 valence electrons. The molecule has 0 aliphatic carbocycles. The predicted octanol–water partition coefficient (Wildman–Crippen LogP) is 4.68. The largest absolute Gasteiger partial charge is 0.341 e. The fourth-order valence-electron chi connectivity index (χ4n) is 3.47. The van der Waals surface area contributed by atoms with Gasteiger partial charge >= 0.3 is 0 Å². The molecule has 0 radical (unpaired) electrons. The number of thioether (sulfide) groups is 1. The first-order valence-electron chi connectivity index (χ1n) is 9.18. The zero-order valence-corrected chi connectivity index (χ0v) is 17.4. The molecule has 3 rings (SSSR count). The third-order valence-corrected chi connectivity index (χ3v) is 6.06. The molecular formula is C21H25ClF2N2OS. The average Bonchev–Trinajstić information content (AvgIpc) is 2.69. The van der Waals surface area contributed by atoms with E-state index in [0.29, 0.717) is 19.0 Å². The number of nitrogens with zero attached hydrogens (tertiary/aromatic N) is 1. The van der Waals surface area contributed by atoms with E-state index in [1.807, 2.05) is 42.3 Å². The third kappa shape index (κ3) is 5.69. The first-order valence-corrected chi connectivity index (χ1v) is 10.1. The van der Waals surface area contributed by atoms with Crippen LogP contribution in [0.25, 0.3) is 0 Å². The Balaban J connectivity index is 0.00000280. The van der Waals surface area contributed by atoms with E-state index in [0.717, 1.165) is 54.9 Å². The molecule has 1 N–H and O–H groups in total. The summed E-state index contributed by atoms with van der Waals surface area (Å²) in [7, 11) is 1.91. The monoisotopic (exact) mass is 426 g/mol. The molecular weight excluding hydrogens is 402 g/mol. The number of rotatable bonds is 6. The number of piperidine rings is 1. The van der Waals surface area contributed by atoms with E-state index in [9.17, 15) is 13.6 Å². The van der Waals surface area contributed by atoms with Gasteiger partial charge in [0, 0.05) is 18.0 Å². The van der Waals surface area contributed by atoms with E-state index in [2.05, 4.69) is 5.32 Å². The van der Waals surface area contributed by atoms with Crippen molar-refractivity contribution >= 4 is 30.1 Å². The van der Waals surface area contributed by atoms with Crippen LogP contribution in [0, 0.1) is 17.6 Å². The number of amides is 1. The molecule has 1 aliphatic rings. The van der Waals surface area contributed by atoms with Crippen LogP contribution >= 0.6 is 24.2 Å². The highest BCUT2D eigenvalue weighted by Gasteiger charge is 2.31. The van der Waals surface area contributed by atoms with Crippen LogP contribution in [-0.2, 0) is 4.79 Å². The number of hydrogen-bond acceptors (Lipinski definition) is 3. The van der Waals surface area contributed by atoms with Crippen LogP contribution in [0.2, 0.25) is 0 Å². The van der Waals surface area contributed by atoms with E-state index in [-0.39, 0.29) is 23.2 Å². The van der Waals surface area contributed by atoms with Crippen molar-refractivity contribution in [3.05, 3.63) is 65.7 Å². The van der Waals surface area contributed by atoms with Crippen molar-refractivity contribution in [2.45, 2.75) is 23.0 Å². The van der Waals surface area contributed by atoms with Gasteiger partial charge in [0.15, 0.2) is 0 Å². The molecule has 1 heterocycles. The van der Waals surface area contributed by atoms with Crippen molar-refractivity contribution in [2.24, 2.45) is 5.92 Å². The Morgan fingerprint density at radius 1 is 1.25 bits per heavy atom. The molecule has 2 aromatic rings. The second kappa shape index (κ2) is 10.8. The lowest BCUT2D eigenvalue weighted by molar-refractivity contribution is -0.132. The smallest absolute Gasteiger partial charge is 0.240 e. The molecule has 1 saturated heterocycles. The highest BCUT2D eigenvalue weighted by atomic mass is 35.5. The molecule has 3 nitrogen and oxygen atoms in total. The summed E-state index contributed by atoms with van der Waals surface area (Å²) in [4.78, 5) is 15.3. The average molecular weight is 427 g/mol. The molecule has 0 spiro atoms. The van der Waals surface area contributed by atoms with Crippen LogP contribution < -0.4 is 5.32 Å². The Morgan fingerprint density at radius 2 is 2.00 bits per heavy atom. The van der Waals surface area contributed by atoms with Crippen LogP contribution in [0.15, 0.2) is 53.4 Å². The molecule has 0 bridgehead atoms. The highest BCUT2D eigenvalue weighted by molar-refractivity contribution is 8.00. The van der Waals surface area contributed by atoms with Crippen LogP contribution in [-0.4, -0.2) is 37.5 Å². The predicted molar refractivity (Wildman–Crippen MR) is 112 cm³/mol. The standard InChI is InChI=1S/C21H24F2N2OS.ClH/c1-24-13-15-6-5-11-25(14-15)21(26)20(16-7-3-2-4-8-16)27-19-12-17(22)9-10-18(19)23;/h2-4,7-10,12,15,20,24H,5-6,11,13-14H2,1H3;1H. The molecule has 2 aromatic carbocycles. The lowest BCUT2D eigenvalue weighted by atomic mass is 9.97. The highest BCUT2D eigenvalue weighted by Crippen LogP contribution is 2.39. The van der Waals surface area contributed by atoms with Crippen LogP contribution in [0.3, 0.4) is 0 Å². The molecule has 0 saturated carbocycles. The second-order valence-electron chi connectivity index (χ2n) is 6.83. The molecule has 2 unspecified atom stereocenters. The van der Waals surface area contributed by atoms with Gasteiger partial charge in [0.1, 0.15) is 16.9 Å². The maximum absolute atomic E-state index is 14.2. The van der Waals surface area contributed by atoms with E-state index in [1.165, 1.54) is 0 Å². The van der Waals surface area contributed by atoms with Crippen molar-refractivity contribution in [3.63, 3.8) is 0 Å². The van der Waals surface area contributed by atoms with Gasteiger partial charge in [-0.3, -0.25) is 4.79 Å². The van der Waals surface area contributed by atoms with Gasteiger partial charge in [0.25, 0.3) is 0 Å². The zero-order valence-electron chi connectivity index (χ0n) is 15.7. The Bertz CT molecular complexity index is 776. The van der Waals surface area contributed by atoms with Crippen molar-refractivity contribution in [3.8, 4) is 0 Å². The van der Waals surface area contributed by atoms with E-state index in [4.69, 9.17) is 0 Å². The van der Waals surface area contributed by atoms with Gasteiger partial charge in [-0.25, -0.2) is 8.78 Å². The minimum Gasteiger partial charge on any atom is -0.341 e. The lowest BCUT2D eigenvalue weighted by Gasteiger charge is -2.35. The maximum Gasteiger partial charge on any atom is 0.240 e. The van der Waals surface area contributed by atoms with Gasteiger partial charge in [-0.2, -0.15) is 0 Å². The van der Waals surface area contributed by atoms with Crippen LogP contribution in [0.4, 0.5) is 8.78 Å². The van der Waals surface area contributed by atoms with Crippen LogP contribution in [0.1, 0.15) is 23.7 Å². The van der Waals surface area contributed by atoms with Gasteiger partial charge in [-0.05, 0) is 56.1 Å². The number of nitrogens with one attached hydrogen (secondary N) is 1. The van der Waals surface area contributed by atoms with Gasteiger partial charge in [-0.1, -0.05) is 30.3 Å². The first-order chi connectivity index (χ1) is 13.1. The molecule has 1 amide bonds. The molecule has 1 fully saturated rings. The van der Waals surface area contributed by atoms with Gasteiger partial charge in [0.2, 0.25) is 5.91 Å². The molecule has 0 aromatic heterocycles. The fourth-order valence-corrected chi connectivity index (χ4v) is 4.63. The van der Waals surface area contributed by atoms with Gasteiger partial charge in [0.05, 0.1) is 0 Å². The summed E-state index contributed by atoms with van der Waals surface area (Å²) in [5.41, 5.74) is 0.798. The number of hydrogen-bond donors (Lipinski definition) is 1. The van der Waals surface area contributed by atoms with Crippen molar-refractivity contribution in [2.75, 3.05) is 26.7 Å². The number of likely N-dealkylation sites (tertiary alicyclic amines) is 1. The Hall–Kier alpha value is -1.63. The van der Waals surface area contributed by atoms with E-state index < -0.39 is 16.9 Å². The SMILES string of the molecule is CNCC1CCCN(C(=O)C(Sc2cc(F)ccc2F)c2ccccc2)C1.Cl. The summed E-state index contributed by atoms with van der Waals surface area (Å²) in [6.07, 6.45) is 2.05. The van der Waals surface area contributed by atoms with Gasteiger partial charge < -0.3 is 10.2 Å². The zero-order chi connectivity index (χ0) is 19.2. The van der Waals surface area contributed by atoms with Gasteiger partial charge in [-0.15, -0.1) is 24.2 Å². The minimum atomic E-state index is -0.601. The molecule has 28 heavy (non-hydrogen) atoms. The van der Waals surface area contributed by atoms with Crippen molar-refractivity contribution in [1.29, 1.82) is 0 Å². The Kier molecular flexibility index (Phi) is 8.73. The summed E-state index contributed by atoms with van der Waals surface area (Å²) < 4.78 is 27.8. The van der Waals surface area contributed by atoms with Crippen molar-refractivity contribution < 1.29 is 13.6 Å². The minimum absolute atomic E-state index is 0. The maximum atomic E-state index is 14.2. The summed E-state index contributed by atoms with van der Waals surface area (Å²) in [5, 5.41) is 2.58. The Labute approximate surface area is 175 Å². The fraction of sp³-hybridized carbons (Fsp3) is 0.381. The third-order valence-electron chi connectivity index (χ3n) is 4.79. The van der Waals surface area contributed by atoms with Crippen LogP contribution in [0.5, 0.6) is 0 Å². The number of carbonyl (C=O) groups excluding carboxylic acids is 1. The van der Waals surface area contributed by atoms with E-state index in [1.54, 1.807) is 0 Å². The second-order valence-corrected chi connectivity index (χ2v) is 7.98. The topological polar surface area (TPSA) is 32.3 Å². The number of benzene rings is 2. The lowest BCUT2D eigenvalue weighted by Crippen LogP contribution is -2.44. The van der Waals surface area contributed by atoms with E-state index >= 15 is 0 Å². The summed E-state index contributed by atoms with van der Waals surface area (Å²) in [5.74, 6) is -0.650.